The third-order valence-electron chi connectivity index (χ3n) is 3.35. The van der Waals surface area contributed by atoms with Crippen LogP contribution >= 0.6 is 12.2 Å². The quantitative estimate of drug-likeness (QED) is 0.487. The lowest BCUT2D eigenvalue weighted by Crippen LogP contribution is -2.24. The monoisotopic (exact) mass is 323 g/mol. The molecule has 4 heteroatoms. The molecular formula is C19H21N3S. The molecule has 3 nitrogen and oxygen atoms in total. The second kappa shape index (κ2) is 8.25. The molecule has 0 fully saturated rings. The Morgan fingerprint density at radius 2 is 1.65 bits per heavy atom. The molecule has 0 radical (unpaired) electrons. The lowest BCUT2D eigenvalue weighted by atomic mass is 10.1. The number of allylic oxidation sites excluding steroid dienone is 1. The molecule has 2 aromatic carbocycles. The number of anilines is 1. The van der Waals surface area contributed by atoms with E-state index in [2.05, 4.69) is 34.1 Å². The number of hydrazone groups is 1. The molecule has 0 unspecified atom stereocenters. The topological polar surface area (TPSA) is 36.4 Å². The van der Waals surface area contributed by atoms with Crippen LogP contribution in [-0.4, -0.2) is 11.3 Å². The lowest BCUT2D eigenvalue weighted by Gasteiger charge is -2.12. The van der Waals surface area contributed by atoms with Crippen molar-refractivity contribution in [1.29, 1.82) is 0 Å². The normalized spacial score (nSPS) is 11.5. The maximum atomic E-state index is 5.28. The molecule has 118 valence electrons. The first-order chi connectivity index (χ1) is 11.1. The van der Waals surface area contributed by atoms with Gasteiger partial charge in [0.05, 0.1) is 6.21 Å². The van der Waals surface area contributed by atoms with E-state index in [9.17, 15) is 0 Å². The van der Waals surface area contributed by atoms with E-state index in [1.807, 2.05) is 57.2 Å². The first kappa shape index (κ1) is 16.9. The van der Waals surface area contributed by atoms with Crippen molar-refractivity contribution in [3.05, 3.63) is 70.8 Å². The highest BCUT2D eigenvalue weighted by molar-refractivity contribution is 7.80. The zero-order valence-corrected chi connectivity index (χ0v) is 14.4. The predicted octanol–water partition coefficient (Wildman–Crippen LogP) is 4.68. The molecular weight excluding hydrogens is 302 g/mol. The SMILES string of the molecule is CC(/C=N/NC(=S)Nc1c(C)cccc1C)=C\c1ccccc1. The number of thiocarbonyl (C=S) groups is 1. The van der Waals surface area contributed by atoms with Crippen LogP contribution in [0.4, 0.5) is 5.69 Å². The van der Waals surface area contributed by atoms with Crippen molar-refractivity contribution in [3.63, 3.8) is 0 Å². The van der Waals surface area contributed by atoms with Crippen molar-refractivity contribution in [1.82, 2.24) is 5.43 Å². The molecule has 0 aliphatic heterocycles. The number of aryl methyl sites for hydroxylation is 2. The molecule has 2 N–H and O–H groups in total. The molecule has 0 aromatic heterocycles. The smallest absolute Gasteiger partial charge is 0.191 e. The minimum Gasteiger partial charge on any atom is -0.331 e. The summed E-state index contributed by atoms with van der Waals surface area (Å²) in [5.41, 5.74) is 8.36. The minimum absolute atomic E-state index is 0.478. The van der Waals surface area contributed by atoms with E-state index < -0.39 is 0 Å². The summed E-state index contributed by atoms with van der Waals surface area (Å²) < 4.78 is 0. The fraction of sp³-hybridized carbons (Fsp3) is 0.158. The van der Waals surface area contributed by atoms with Crippen LogP contribution in [0.25, 0.3) is 6.08 Å². The van der Waals surface area contributed by atoms with Crippen LogP contribution in [0.15, 0.2) is 59.2 Å². The number of benzene rings is 2. The van der Waals surface area contributed by atoms with Gasteiger partial charge in [-0.2, -0.15) is 5.10 Å². The van der Waals surface area contributed by atoms with Gasteiger partial charge in [0.1, 0.15) is 0 Å². The number of rotatable bonds is 4. The predicted molar refractivity (Wildman–Crippen MR) is 104 cm³/mol. The zero-order valence-electron chi connectivity index (χ0n) is 13.6. The van der Waals surface area contributed by atoms with E-state index in [-0.39, 0.29) is 0 Å². The summed E-state index contributed by atoms with van der Waals surface area (Å²) in [6, 6.07) is 16.3. The Labute approximate surface area is 143 Å². The fourth-order valence-corrected chi connectivity index (χ4v) is 2.35. The van der Waals surface area contributed by atoms with Crippen molar-refractivity contribution in [3.8, 4) is 0 Å². The van der Waals surface area contributed by atoms with Gasteiger partial charge in [0.2, 0.25) is 0 Å². The summed E-state index contributed by atoms with van der Waals surface area (Å²) in [4.78, 5) is 0. The average Bonchev–Trinajstić information content (AvgIpc) is 2.52. The van der Waals surface area contributed by atoms with Gasteiger partial charge in [-0.1, -0.05) is 54.6 Å². The Morgan fingerprint density at radius 1 is 1.00 bits per heavy atom. The van der Waals surface area contributed by atoms with E-state index in [1.165, 1.54) is 0 Å². The second-order valence-electron chi connectivity index (χ2n) is 5.39. The first-order valence-electron chi connectivity index (χ1n) is 7.46. The molecule has 0 aliphatic carbocycles. The maximum absolute atomic E-state index is 5.28. The summed E-state index contributed by atoms with van der Waals surface area (Å²) in [7, 11) is 0. The zero-order chi connectivity index (χ0) is 16.7. The number of para-hydroxylation sites is 1. The Hall–Kier alpha value is -2.46. The van der Waals surface area contributed by atoms with Gasteiger partial charge >= 0.3 is 0 Å². The molecule has 0 spiro atoms. The van der Waals surface area contributed by atoms with Gasteiger partial charge < -0.3 is 5.32 Å². The van der Waals surface area contributed by atoms with Crippen LogP contribution in [0.2, 0.25) is 0 Å². The molecule has 0 amide bonds. The molecule has 2 rings (SSSR count). The van der Waals surface area contributed by atoms with Crippen LogP contribution < -0.4 is 10.7 Å². The van der Waals surface area contributed by atoms with Gasteiger partial charge in [0.15, 0.2) is 5.11 Å². The van der Waals surface area contributed by atoms with Crippen LogP contribution in [-0.2, 0) is 0 Å². The Morgan fingerprint density at radius 3 is 2.30 bits per heavy atom. The molecule has 0 heterocycles. The molecule has 0 atom stereocenters. The van der Waals surface area contributed by atoms with E-state index in [0.717, 1.165) is 28.0 Å². The van der Waals surface area contributed by atoms with Gasteiger partial charge in [-0.15, -0.1) is 0 Å². The number of nitrogens with one attached hydrogen (secondary N) is 2. The third-order valence-corrected chi connectivity index (χ3v) is 3.54. The highest BCUT2D eigenvalue weighted by atomic mass is 32.1. The molecule has 2 aromatic rings. The number of hydrogen-bond acceptors (Lipinski definition) is 2. The van der Waals surface area contributed by atoms with E-state index in [1.54, 1.807) is 6.21 Å². The van der Waals surface area contributed by atoms with Crippen molar-refractivity contribution in [2.24, 2.45) is 5.10 Å². The van der Waals surface area contributed by atoms with E-state index in [0.29, 0.717) is 5.11 Å². The molecule has 0 saturated carbocycles. The number of hydrogen-bond donors (Lipinski definition) is 2. The summed E-state index contributed by atoms with van der Waals surface area (Å²) in [5.74, 6) is 0. The van der Waals surface area contributed by atoms with Crippen LogP contribution in [0.1, 0.15) is 23.6 Å². The Bertz CT molecular complexity index is 713. The molecule has 23 heavy (non-hydrogen) atoms. The van der Waals surface area contributed by atoms with Crippen molar-refractivity contribution in [2.75, 3.05) is 5.32 Å². The summed E-state index contributed by atoms with van der Waals surface area (Å²) in [5, 5.41) is 7.84. The highest BCUT2D eigenvalue weighted by Gasteiger charge is 2.03. The van der Waals surface area contributed by atoms with Gasteiger partial charge in [0, 0.05) is 5.69 Å². The first-order valence-corrected chi connectivity index (χ1v) is 7.86. The lowest BCUT2D eigenvalue weighted by molar-refractivity contribution is 1.05. The standard InChI is InChI=1S/C19H21N3S/c1-14(12-17-10-5-4-6-11-17)13-20-22-19(23)21-18-15(2)8-7-9-16(18)3/h4-13H,1-3H3,(H2,21,22,23)/b14-12+,20-13+. The number of nitrogens with zero attached hydrogens (tertiary/aromatic N) is 1. The average molecular weight is 323 g/mol. The second-order valence-corrected chi connectivity index (χ2v) is 5.80. The van der Waals surface area contributed by atoms with Crippen LogP contribution in [0.3, 0.4) is 0 Å². The van der Waals surface area contributed by atoms with Crippen molar-refractivity contribution in [2.45, 2.75) is 20.8 Å². The maximum Gasteiger partial charge on any atom is 0.191 e. The Balaban J connectivity index is 1.93. The van der Waals surface area contributed by atoms with Gasteiger partial charge in [0.25, 0.3) is 0 Å². The Kier molecular flexibility index (Phi) is 6.06. The minimum atomic E-state index is 0.478. The highest BCUT2D eigenvalue weighted by Crippen LogP contribution is 2.19. The van der Waals surface area contributed by atoms with E-state index >= 15 is 0 Å². The summed E-state index contributed by atoms with van der Waals surface area (Å²) in [6.45, 7) is 6.10. The van der Waals surface area contributed by atoms with E-state index in [4.69, 9.17) is 12.2 Å². The van der Waals surface area contributed by atoms with Crippen molar-refractivity contribution >= 4 is 35.3 Å². The molecule has 0 saturated heterocycles. The molecule has 0 bridgehead atoms. The van der Waals surface area contributed by atoms with Crippen LogP contribution in [0.5, 0.6) is 0 Å². The van der Waals surface area contributed by atoms with Crippen molar-refractivity contribution < 1.29 is 0 Å². The van der Waals surface area contributed by atoms with Gasteiger partial charge in [-0.25, -0.2) is 0 Å². The van der Waals surface area contributed by atoms with Crippen LogP contribution in [0, 0.1) is 13.8 Å². The van der Waals surface area contributed by atoms with Gasteiger partial charge in [-0.05, 0) is 55.3 Å². The summed E-state index contributed by atoms with van der Waals surface area (Å²) >= 11 is 5.28. The molecule has 0 aliphatic rings. The largest absolute Gasteiger partial charge is 0.331 e. The summed E-state index contributed by atoms with van der Waals surface area (Å²) in [6.07, 6.45) is 3.82. The van der Waals surface area contributed by atoms with Gasteiger partial charge in [-0.3, -0.25) is 5.43 Å². The third kappa shape index (κ3) is 5.34. The fourth-order valence-electron chi connectivity index (χ4n) is 2.20.